The second-order valence-corrected chi connectivity index (χ2v) is 7.67. The van der Waals surface area contributed by atoms with E-state index in [0.29, 0.717) is 11.1 Å². The highest BCUT2D eigenvalue weighted by molar-refractivity contribution is 5.95. The maximum Gasteiger partial charge on any atom is 0.251 e. The average Bonchev–Trinajstić information content (AvgIpc) is 2.81. The Bertz CT molecular complexity index is 1020. The molecule has 1 aliphatic rings. The molecular formula is C22H26N4O6. The molecule has 1 saturated heterocycles. The molecule has 0 saturated carbocycles. The van der Waals surface area contributed by atoms with Crippen LogP contribution in [0, 0.1) is 6.92 Å². The van der Waals surface area contributed by atoms with Crippen molar-refractivity contribution in [3.05, 3.63) is 69.6 Å². The van der Waals surface area contributed by atoms with Gasteiger partial charge in [0.25, 0.3) is 5.91 Å². The van der Waals surface area contributed by atoms with E-state index < -0.39 is 43.2 Å². The number of aliphatic hydroxyl groups excluding tert-OH is 4. The molecule has 0 aromatic heterocycles. The van der Waals surface area contributed by atoms with Crippen molar-refractivity contribution in [2.75, 3.05) is 13.7 Å². The van der Waals surface area contributed by atoms with E-state index in [-0.39, 0.29) is 5.91 Å². The summed E-state index contributed by atoms with van der Waals surface area (Å²) < 4.78 is 5.60. The number of aliphatic hydroxyl groups is 4. The Balaban J connectivity index is 1.97. The minimum atomic E-state index is -1.57. The first-order valence-corrected chi connectivity index (χ1v) is 10.1. The summed E-state index contributed by atoms with van der Waals surface area (Å²) in [6, 6.07) is 11.5. The van der Waals surface area contributed by atoms with Gasteiger partial charge in [-0.3, -0.25) is 4.79 Å². The monoisotopic (exact) mass is 442 g/mol. The van der Waals surface area contributed by atoms with E-state index in [1.54, 1.807) is 44.3 Å². The van der Waals surface area contributed by atoms with Crippen molar-refractivity contribution in [1.82, 2.24) is 5.32 Å². The van der Waals surface area contributed by atoms with Gasteiger partial charge in [0, 0.05) is 17.5 Å². The van der Waals surface area contributed by atoms with Gasteiger partial charge in [0.1, 0.15) is 24.4 Å². The van der Waals surface area contributed by atoms with Crippen LogP contribution in [0.4, 0.5) is 0 Å². The largest absolute Gasteiger partial charge is 0.394 e. The van der Waals surface area contributed by atoms with Gasteiger partial charge in [0.15, 0.2) is 0 Å². The highest BCUT2D eigenvalue weighted by Crippen LogP contribution is 2.36. The molecular weight excluding hydrogens is 416 g/mol. The third-order valence-corrected chi connectivity index (χ3v) is 5.69. The zero-order valence-corrected chi connectivity index (χ0v) is 17.7. The summed E-state index contributed by atoms with van der Waals surface area (Å²) in [4.78, 5) is 14.8. The van der Waals surface area contributed by atoms with E-state index in [0.717, 1.165) is 16.7 Å². The molecule has 10 nitrogen and oxygen atoms in total. The van der Waals surface area contributed by atoms with E-state index >= 15 is 0 Å². The molecule has 1 aliphatic heterocycles. The van der Waals surface area contributed by atoms with Gasteiger partial charge in [0.2, 0.25) is 0 Å². The summed E-state index contributed by atoms with van der Waals surface area (Å²) in [7, 11) is 1.56. The predicted octanol–water partition coefficient (Wildman–Crippen LogP) is 1.22. The molecule has 2 aromatic rings. The van der Waals surface area contributed by atoms with Crippen LogP contribution in [0.2, 0.25) is 0 Å². The maximum absolute atomic E-state index is 11.9. The van der Waals surface area contributed by atoms with Crippen molar-refractivity contribution in [3.8, 4) is 11.1 Å². The SMILES string of the molecule is CNC(=O)c1cccc(-c2ccc([C@@H](N=[N+]=[N-])[C@H]3O[C@H](CO)[C@@H](O)[C@H](O)[C@@H]3O)c(C)c2)c1. The van der Waals surface area contributed by atoms with Gasteiger partial charge >= 0.3 is 0 Å². The molecule has 10 heteroatoms. The molecule has 5 N–H and O–H groups in total. The third-order valence-electron chi connectivity index (χ3n) is 5.69. The van der Waals surface area contributed by atoms with Crippen LogP contribution >= 0.6 is 0 Å². The van der Waals surface area contributed by atoms with Gasteiger partial charge in [0.05, 0.1) is 18.8 Å². The Labute approximate surface area is 184 Å². The summed E-state index contributed by atoms with van der Waals surface area (Å²) in [6.45, 7) is 1.22. The fourth-order valence-corrected chi connectivity index (χ4v) is 3.92. The minimum Gasteiger partial charge on any atom is -0.394 e. The van der Waals surface area contributed by atoms with Crippen LogP contribution < -0.4 is 5.32 Å². The number of aryl methyl sites for hydroxylation is 1. The molecule has 6 atom stereocenters. The first kappa shape index (κ1) is 23.7. The first-order chi connectivity index (χ1) is 15.3. The Kier molecular flexibility index (Phi) is 7.47. The highest BCUT2D eigenvalue weighted by Gasteiger charge is 2.46. The van der Waals surface area contributed by atoms with Gasteiger partial charge < -0.3 is 30.5 Å². The molecule has 1 amide bonds. The lowest BCUT2D eigenvalue weighted by Crippen LogP contribution is -2.59. The smallest absolute Gasteiger partial charge is 0.251 e. The Morgan fingerprint density at radius 2 is 1.88 bits per heavy atom. The number of carbonyl (C=O) groups excluding carboxylic acids is 1. The van der Waals surface area contributed by atoms with E-state index in [1.807, 2.05) is 12.1 Å². The van der Waals surface area contributed by atoms with Crippen LogP contribution in [0.15, 0.2) is 47.6 Å². The molecule has 0 unspecified atom stereocenters. The van der Waals surface area contributed by atoms with Crippen LogP contribution in [0.5, 0.6) is 0 Å². The topological polar surface area (TPSA) is 168 Å². The second kappa shape index (κ2) is 10.1. The number of benzene rings is 2. The molecule has 0 spiro atoms. The summed E-state index contributed by atoms with van der Waals surface area (Å²) in [5, 5.41) is 46.4. The molecule has 1 heterocycles. The number of amides is 1. The van der Waals surface area contributed by atoms with Crippen molar-refractivity contribution in [2.24, 2.45) is 5.11 Å². The molecule has 170 valence electrons. The Morgan fingerprint density at radius 1 is 1.16 bits per heavy atom. The van der Waals surface area contributed by atoms with Crippen LogP contribution in [-0.2, 0) is 4.74 Å². The number of azide groups is 1. The van der Waals surface area contributed by atoms with Gasteiger partial charge in [-0.05, 0) is 46.8 Å². The summed E-state index contributed by atoms with van der Waals surface area (Å²) in [5.41, 5.74) is 12.5. The second-order valence-electron chi connectivity index (χ2n) is 7.67. The number of carbonyl (C=O) groups is 1. The fourth-order valence-electron chi connectivity index (χ4n) is 3.92. The number of hydrogen-bond acceptors (Lipinski definition) is 7. The molecule has 0 radical (unpaired) electrons. The molecule has 2 aromatic carbocycles. The van der Waals surface area contributed by atoms with Gasteiger partial charge in [-0.15, -0.1) is 0 Å². The minimum absolute atomic E-state index is 0.203. The molecule has 1 fully saturated rings. The lowest BCUT2D eigenvalue weighted by Gasteiger charge is -2.42. The van der Waals surface area contributed by atoms with E-state index in [2.05, 4.69) is 15.3 Å². The zero-order chi connectivity index (χ0) is 23.4. The Morgan fingerprint density at radius 3 is 2.50 bits per heavy atom. The summed E-state index contributed by atoms with van der Waals surface area (Å²) in [6.07, 6.45) is -6.90. The van der Waals surface area contributed by atoms with Gasteiger partial charge in [-0.1, -0.05) is 35.4 Å². The highest BCUT2D eigenvalue weighted by atomic mass is 16.5. The summed E-state index contributed by atoms with van der Waals surface area (Å²) >= 11 is 0. The zero-order valence-electron chi connectivity index (χ0n) is 17.7. The molecule has 3 rings (SSSR count). The van der Waals surface area contributed by atoms with E-state index in [4.69, 9.17) is 10.3 Å². The van der Waals surface area contributed by atoms with E-state index in [9.17, 15) is 25.2 Å². The van der Waals surface area contributed by atoms with Crippen LogP contribution in [0.1, 0.15) is 27.5 Å². The number of nitrogens with zero attached hydrogens (tertiary/aromatic N) is 3. The van der Waals surface area contributed by atoms with Crippen molar-refractivity contribution in [3.63, 3.8) is 0 Å². The normalized spacial score (nSPS) is 26.1. The summed E-state index contributed by atoms with van der Waals surface area (Å²) in [5.74, 6) is -0.203. The number of hydrogen-bond donors (Lipinski definition) is 5. The van der Waals surface area contributed by atoms with Crippen molar-refractivity contribution < 1.29 is 30.0 Å². The fraction of sp³-hybridized carbons (Fsp3) is 0.409. The predicted molar refractivity (Wildman–Crippen MR) is 116 cm³/mol. The number of ether oxygens (including phenoxy) is 1. The van der Waals surface area contributed by atoms with Crippen LogP contribution in [-0.4, -0.2) is 70.5 Å². The molecule has 0 aliphatic carbocycles. The average molecular weight is 442 g/mol. The maximum atomic E-state index is 11.9. The van der Waals surface area contributed by atoms with Crippen LogP contribution in [0.25, 0.3) is 21.6 Å². The standard InChI is InChI=1S/C22H26N4O6/c1-11-8-13(12-4-3-5-14(9-12)22(31)24-2)6-7-15(11)17(25-26-23)21-20(30)19(29)18(28)16(10-27)32-21/h3-9,16-21,27-30H,10H2,1-2H3,(H,24,31)/t16-,17-,18-,19+,20+,21-/m1/s1. The van der Waals surface area contributed by atoms with Crippen LogP contribution in [0.3, 0.4) is 0 Å². The van der Waals surface area contributed by atoms with Crippen molar-refractivity contribution in [1.29, 1.82) is 0 Å². The quantitative estimate of drug-likeness (QED) is 0.256. The van der Waals surface area contributed by atoms with E-state index in [1.165, 1.54) is 0 Å². The van der Waals surface area contributed by atoms with Gasteiger partial charge in [-0.25, -0.2) is 0 Å². The lowest BCUT2D eigenvalue weighted by atomic mass is 9.86. The number of rotatable bonds is 6. The molecule has 32 heavy (non-hydrogen) atoms. The van der Waals surface area contributed by atoms with Crippen molar-refractivity contribution >= 4 is 5.91 Å². The number of nitrogens with one attached hydrogen (secondary N) is 1. The molecule has 0 bridgehead atoms. The first-order valence-electron chi connectivity index (χ1n) is 10.1. The van der Waals surface area contributed by atoms with Crippen molar-refractivity contribution in [2.45, 2.75) is 43.5 Å². The third kappa shape index (κ3) is 4.61. The lowest BCUT2D eigenvalue weighted by molar-refractivity contribution is -0.234. The van der Waals surface area contributed by atoms with Gasteiger partial charge in [-0.2, -0.15) is 0 Å². The Hall–Kier alpha value is -2.98.